The molecular formula is C25H27N3O3S. The molecule has 32 heavy (non-hydrogen) atoms. The van der Waals surface area contributed by atoms with Crippen LogP contribution in [0.15, 0.2) is 95.9 Å². The maximum absolute atomic E-state index is 13.2. The molecule has 0 spiro atoms. The summed E-state index contributed by atoms with van der Waals surface area (Å²) in [7, 11) is -3.54. The quantitative estimate of drug-likeness (QED) is 0.602. The first-order valence-corrected chi connectivity index (χ1v) is 12.2. The summed E-state index contributed by atoms with van der Waals surface area (Å²) in [4.78, 5) is 15.6. The number of amides is 1. The molecule has 0 aliphatic carbocycles. The number of carbonyl (C=O) groups excluding carboxylic acids is 1. The lowest BCUT2D eigenvalue weighted by Gasteiger charge is -2.38. The third-order valence-corrected chi connectivity index (χ3v) is 7.61. The summed E-state index contributed by atoms with van der Waals surface area (Å²) in [6.07, 6.45) is 0. The Kier molecular flexibility index (Phi) is 6.99. The Hall–Kier alpha value is -3.00. The van der Waals surface area contributed by atoms with Crippen molar-refractivity contribution in [2.75, 3.05) is 26.2 Å². The topological polar surface area (TPSA) is 69.7 Å². The van der Waals surface area contributed by atoms with E-state index in [1.807, 2.05) is 60.7 Å². The van der Waals surface area contributed by atoms with Gasteiger partial charge in [-0.05, 0) is 23.3 Å². The van der Waals surface area contributed by atoms with Gasteiger partial charge in [0.1, 0.15) is 6.04 Å². The van der Waals surface area contributed by atoms with Crippen LogP contribution in [0.1, 0.15) is 17.2 Å². The average molecular weight is 450 g/mol. The molecule has 1 unspecified atom stereocenters. The summed E-state index contributed by atoms with van der Waals surface area (Å²) in [6.45, 7) is 2.08. The van der Waals surface area contributed by atoms with Crippen molar-refractivity contribution in [1.82, 2.24) is 14.5 Å². The molecule has 1 fully saturated rings. The van der Waals surface area contributed by atoms with Crippen LogP contribution in [0.2, 0.25) is 0 Å². The summed E-state index contributed by atoms with van der Waals surface area (Å²) in [5, 5.41) is 3.05. The molecule has 1 N–H and O–H groups in total. The number of hydrogen-bond acceptors (Lipinski definition) is 4. The predicted molar refractivity (Wildman–Crippen MR) is 124 cm³/mol. The normalized spacial score (nSPS) is 16.4. The highest BCUT2D eigenvalue weighted by Crippen LogP contribution is 2.25. The first-order valence-electron chi connectivity index (χ1n) is 10.7. The van der Waals surface area contributed by atoms with Crippen molar-refractivity contribution in [3.8, 4) is 0 Å². The second-order valence-corrected chi connectivity index (χ2v) is 9.71. The molecule has 7 heteroatoms. The van der Waals surface area contributed by atoms with E-state index in [9.17, 15) is 13.2 Å². The van der Waals surface area contributed by atoms with Crippen LogP contribution < -0.4 is 5.32 Å². The molecule has 6 nitrogen and oxygen atoms in total. The second-order valence-electron chi connectivity index (χ2n) is 7.77. The zero-order valence-electron chi connectivity index (χ0n) is 17.8. The van der Waals surface area contributed by atoms with Crippen LogP contribution in [-0.4, -0.2) is 49.7 Å². The molecular weight excluding hydrogens is 422 g/mol. The Morgan fingerprint density at radius 3 is 1.91 bits per heavy atom. The van der Waals surface area contributed by atoms with E-state index in [-0.39, 0.29) is 5.91 Å². The first kappa shape index (κ1) is 22.2. The molecule has 1 atom stereocenters. The Morgan fingerprint density at radius 2 is 1.31 bits per heavy atom. The molecule has 0 saturated carbocycles. The van der Waals surface area contributed by atoms with E-state index < -0.39 is 16.1 Å². The number of sulfonamides is 1. The highest BCUT2D eigenvalue weighted by atomic mass is 32.2. The molecule has 1 aliphatic rings. The average Bonchev–Trinajstić information content (AvgIpc) is 2.85. The predicted octanol–water partition coefficient (Wildman–Crippen LogP) is 3.05. The smallest absolute Gasteiger partial charge is 0.243 e. The van der Waals surface area contributed by atoms with Crippen molar-refractivity contribution in [1.29, 1.82) is 0 Å². The third kappa shape index (κ3) is 5.07. The van der Waals surface area contributed by atoms with E-state index in [1.165, 1.54) is 4.31 Å². The van der Waals surface area contributed by atoms with Crippen LogP contribution in [0.3, 0.4) is 0 Å². The molecule has 166 valence electrons. The Bertz CT molecular complexity index is 1110. The number of rotatable bonds is 7. The lowest BCUT2D eigenvalue weighted by atomic mass is 10.0. The fraction of sp³-hybridized carbons (Fsp3) is 0.240. The number of carbonyl (C=O) groups is 1. The summed E-state index contributed by atoms with van der Waals surface area (Å²) < 4.78 is 27.4. The van der Waals surface area contributed by atoms with Gasteiger partial charge in [0, 0.05) is 32.7 Å². The summed E-state index contributed by atoms with van der Waals surface area (Å²) in [6, 6.07) is 27.5. The maximum atomic E-state index is 13.2. The van der Waals surface area contributed by atoms with Crippen LogP contribution in [0, 0.1) is 0 Å². The maximum Gasteiger partial charge on any atom is 0.243 e. The van der Waals surface area contributed by atoms with Gasteiger partial charge in [-0.25, -0.2) is 8.42 Å². The molecule has 1 amide bonds. The van der Waals surface area contributed by atoms with Crippen molar-refractivity contribution >= 4 is 15.9 Å². The van der Waals surface area contributed by atoms with Gasteiger partial charge < -0.3 is 5.32 Å². The van der Waals surface area contributed by atoms with Crippen LogP contribution in [0.4, 0.5) is 0 Å². The zero-order chi connectivity index (χ0) is 22.4. The van der Waals surface area contributed by atoms with Crippen LogP contribution in [0.25, 0.3) is 0 Å². The molecule has 0 aromatic heterocycles. The summed E-state index contributed by atoms with van der Waals surface area (Å²) >= 11 is 0. The van der Waals surface area contributed by atoms with Gasteiger partial charge in [-0.15, -0.1) is 0 Å². The van der Waals surface area contributed by atoms with Gasteiger partial charge in [-0.3, -0.25) is 9.69 Å². The molecule has 1 saturated heterocycles. The summed E-state index contributed by atoms with van der Waals surface area (Å²) in [5.41, 5.74) is 1.93. The van der Waals surface area contributed by atoms with E-state index in [0.717, 1.165) is 11.1 Å². The van der Waals surface area contributed by atoms with Gasteiger partial charge in [-0.1, -0.05) is 78.9 Å². The molecule has 1 aliphatic heterocycles. The van der Waals surface area contributed by atoms with Crippen LogP contribution in [0.5, 0.6) is 0 Å². The van der Waals surface area contributed by atoms with Crippen molar-refractivity contribution in [3.63, 3.8) is 0 Å². The minimum atomic E-state index is -3.54. The minimum Gasteiger partial charge on any atom is -0.350 e. The van der Waals surface area contributed by atoms with Gasteiger partial charge in [0.05, 0.1) is 4.90 Å². The van der Waals surface area contributed by atoms with E-state index in [4.69, 9.17) is 0 Å². The lowest BCUT2D eigenvalue weighted by Crippen LogP contribution is -2.52. The van der Waals surface area contributed by atoms with Crippen molar-refractivity contribution in [2.45, 2.75) is 17.5 Å². The van der Waals surface area contributed by atoms with Gasteiger partial charge >= 0.3 is 0 Å². The van der Waals surface area contributed by atoms with Gasteiger partial charge in [0.2, 0.25) is 15.9 Å². The second kappa shape index (κ2) is 10.1. The Balaban J connectivity index is 1.47. The number of nitrogens with one attached hydrogen (secondary N) is 1. The molecule has 0 bridgehead atoms. The van der Waals surface area contributed by atoms with Gasteiger partial charge in [0.15, 0.2) is 0 Å². The standard InChI is InChI=1S/C25H27N3O3S/c29-25(26-20-21-10-4-1-5-11-21)24(22-12-6-2-7-13-22)27-16-18-28(19-17-27)32(30,31)23-14-8-3-9-15-23/h1-15,24H,16-20H2,(H,26,29). The van der Waals surface area contributed by atoms with E-state index in [2.05, 4.69) is 10.2 Å². The van der Waals surface area contributed by atoms with Gasteiger partial charge in [-0.2, -0.15) is 4.31 Å². The van der Waals surface area contributed by atoms with Crippen molar-refractivity contribution < 1.29 is 13.2 Å². The molecule has 1 heterocycles. The molecule has 0 radical (unpaired) electrons. The van der Waals surface area contributed by atoms with Crippen molar-refractivity contribution in [3.05, 3.63) is 102 Å². The van der Waals surface area contributed by atoms with Crippen LogP contribution >= 0.6 is 0 Å². The number of benzene rings is 3. The van der Waals surface area contributed by atoms with Crippen LogP contribution in [-0.2, 0) is 21.4 Å². The molecule has 3 aromatic carbocycles. The zero-order valence-corrected chi connectivity index (χ0v) is 18.6. The van der Waals surface area contributed by atoms with Crippen molar-refractivity contribution in [2.24, 2.45) is 0 Å². The van der Waals surface area contributed by atoms with E-state index in [0.29, 0.717) is 37.6 Å². The Morgan fingerprint density at radius 1 is 0.781 bits per heavy atom. The monoisotopic (exact) mass is 449 g/mol. The molecule has 3 aromatic rings. The number of hydrogen-bond donors (Lipinski definition) is 1. The van der Waals surface area contributed by atoms with Gasteiger partial charge in [0.25, 0.3) is 0 Å². The minimum absolute atomic E-state index is 0.0839. The Labute approximate surface area is 189 Å². The highest BCUT2D eigenvalue weighted by Gasteiger charge is 2.34. The summed E-state index contributed by atoms with van der Waals surface area (Å²) in [5.74, 6) is -0.0839. The SMILES string of the molecule is O=C(NCc1ccccc1)C(c1ccccc1)N1CCN(S(=O)(=O)c2ccccc2)CC1. The third-order valence-electron chi connectivity index (χ3n) is 5.69. The number of nitrogens with zero attached hydrogens (tertiary/aromatic N) is 2. The fourth-order valence-electron chi connectivity index (χ4n) is 3.99. The van der Waals surface area contributed by atoms with E-state index in [1.54, 1.807) is 30.3 Å². The number of piperazine rings is 1. The highest BCUT2D eigenvalue weighted by molar-refractivity contribution is 7.89. The van der Waals surface area contributed by atoms with E-state index >= 15 is 0 Å². The lowest BCUT2D eigenvalue weighted by molar-refractivity contribution is -0.127. The first-order chi connectivity index (χ1) is 15.6. The molecule has 4 rings (SSSR count). The fourth-order valence-corrected chi connectivity index (χ4v) is 5.43. The largest absolute Gasteiger partial charge is 0.350 e.